The van der Waals surface area contributed by atoms with Crippen LogP contribution in [0.1, 0.15) is 30.6 Å². The topological polar surface area (TPSA) is 67.2 Å². The molecule has 2 N–H and O–H groups in total. The number of halogens is 1. The van der Waals surface area contributed by atoms with E-state index in [1.807, 2.05) is 28.8 Å². The van der Waals surface area contributed by atoms with Crippen LogP contribution in [0, 0.1) is 0 Å². The number of carboxylic acid groups (broad SMARTS) is 1. The molecule has 1 atom stereocenters. The van der Waals surface area contributed by atoms with E-state index in [-0.39, 0.29) is 0 Å². The van der Waals surface area contributed by atoms with E-state index in [1.54, 1.807) is 12.5 Å². The average molecular weight is 336 g/mol. The van der Waals surface area contributed by atoms with Gasteiger partial charge in [-0.15, -0.1) is 0 Å². The third-order valence-electron chi connectivity index (χ3n) is 3.31. The largest absolute Gasteiger partial charge is 0.479 e. The normalized spacial score (nSPS) is 15.8. The molecule has 1 aromatic carbocycles. The Morgan fingerprint density at radius 1 is 1.50 bits per heavy atom. The van der Waals surface area contributed by atoms with Gasteiger partial charge in [0.25, 0.3) is 0 Å². The van der Waals surface area contributed by atoms with E-state index in [4.69, 9.17) is 0 Å². The molecular weight excluding hydrogens is 322 g/mol. The minimum Gasteiger partial charge on any atom is -0.479 e. The maximum absolute atomic E-state index is 11.6. The zero-order valence-electron chi connectivity index (χ0n) is 10.7. The highest BCUT2D eigenvalue weighted by molar-refractivity contribution is 9.10. The highest BCUT2D eigenvalue weighted by Gasteiger charge is 2.30. The van der Waals surface area contributed by atoms with Crippen molar-refractivity contribution < 1.29 is 9.90 Å². The highest BCUT2D eigenvalue weighted by Crippen LogP contribution is 2.37. The van der Waals surface area contributed by atoms with Crippen LogP contribution in [-0.4, -0.2) is 20.6 Å². The molecule has 1 aliphatic carbocycles. The molecule has 1 saturated carbocycles. The first-order chi connectivity index (χ1) is 9.65. The Kier molecular flexibility index (Phi) is 3.48. The van der Waals surface area contributed by atoms with E-state index in [2.05, 4.69) is 26.2 Å². The van der Waals surface area contributed by atoms with Gasteiger partial charge < -0.3 is 15.0 Å². The van der Waals surface area contributed by atoms with E-state index < -0.39 is 12.0 Å². The molecule has 1 aromatic heterocycles. The standard InChI is InChI=1S/C14H14BrN3O2/c15-9-2-1-3-10(6-9)17-13(14(19)20)12-7-16-8-18(12)11-4-5-11/h1-3,6-8,11,13,17H,4-5H2,(H,19,20). The van der Waals surface area contributed by atoms with Crippen molar-refractivity contribution in [2.45, 2.75) is 24.9 Å². The highest BCUT2D eigenvalue weighted by atomic mass is 79.9. The van der Waals surface area contributed by atoms with Gasteiger partial charge in [0.2, 0.25) is 0 Å². The number of aliphatic carboxylic acids is 1. The fraction of sp³-hybridized carbons (Fsp3) is 0.286. The molecule has 3 rings (SSSR count). The van der Waals surface area contributed by atoms with Gasteiger partial charge in [0, 0.05) is 16.2 Å². The predicted molar refractivity (Wildman–Crippen MR) is 78.6 cm³/mol. The zero-order chi connectivity index (χ0) is 14.1. The lowest BCUT2D eigenvalue weighted by Crippen LogP contribution is -2.23. The summed E-state index contributed by atoms with van der Waals surface area (Å²) < 4.78 is 2.87. The van der Waals surface area contributed by atoms with Gasteiger partial charge in [-0.05, 0) is 31.0 Å². The third kappa shape index (κ3) is 2.70. The molecule has 0 spiro atoms. The molecule has 0 aliphatic heterocycles. The van der Waals surface area contributed by atoms with Crippen molar-refractivity contribution in [3.63, 3.8) is 0 Å². The number of aromatic nitrogens is 2. The smallest absolute Gasteiger partial charge is 0.332 e. The molecule has 1 unspecified atom stereocenters. The van der Waals surface area contributed by atoms with Gasteiger partial charge in [-0.3, -0.25) is 0 Å². The summed E-state index contributed by atoms with van der Waals surface area (Å²) in [5.74, 6) is -0.910. The lowest BCUT2D eigenvalue weighted by molar-refractivity contribution is -0.138. The molecule has 1 heterocycles. The summed E-state index contributed by atoms with van der Waals surface area (Å²) in [4.78, 5) is 15.7. The number of nitrogens with one attached hydrogen (secondary N) is 1. The Bertz CT molecular complexity index is 637. The van der Waals surface area contributed by atoms with Crippen LogP contribution < -0.4 is 5.32 Å². The van der Waals surface area contributed by atoms with Crippen molar-refractivity contribution in [2.75, 3.05) is 5.32 Å². The summed E-state index contributed by atoms with van der Waals surface area (Å²) in [5.41, 5.74) is 1.45. The Labute approximate surface area is 124 Å². The van der Waals surface area contributed by atoms with Crippen molar-refractivity contribution in [2.24, 2.45) is 0 Å². The van der Waals surface area contributed by atoms with Gasteiger partial charge in [-0.2, -0.15) is 0 Å². The van der Waals surface area contributed by atoms with Crippen LogP contribution in [0.3, 0.4) is 0 Å². The van der Waals surface area contributed by atoms with Crippen molar-refractivity contribution in [3.8, 4) is 0 Å². The Morgan fingerprint density at radius 2 is 2.30 bits per heavy atom. The van der Waals surface area contributed by atoms with Crippen LogP contribution in [0.4, 0.5) is 5.69 Å². The van der Waals surface area contributed by atoms with E-state index in [9.17, 15) is 9.90 Å². The number of rotatable bonds is 5. The van der Waals surface area contributed by atoms with Crippen molar-refractivity contribution in [1.29, 1.82) is 0 Å². The first-order valence-corrected chi connectivity index (χ1v) is 7.21. The molecule has 20 heavy (non-hydrogen) atoms. The fourth-order valence-corrected chi connectivity index (χ4v) is 2.60. The van der Waals surface area contributed by atoms with Crippen molar-refractivity contribution in [3.05, 3.63) is 47.0 Å². The van der Waals surface area contributed by atoms with Gasteiger partial charge in [0.1, 0.15) is 0 Å². The second kappa shape index (κ2) is 5.28. The van der Waals surface area contributed by atoms with E-state index in [1.165, 1.54) is 0 Å². The molecule has 6 heteroatoms. The van der Waals surface area contributed by atoms with Crippen LogP contribution in [0.15, 0.2) is 41.3 Å². The molecule has 2 aromatic rings. The monoisotopic (exact) mass is 335 g/mol. The molecule has 1 fully saturated rings. The number of carboxylic acids is 1. The maximum Gasteiger partial charge on any atom is 0.332 e. The summed E-state index contributed by atoms with van der Waals surface area (Å²) >= 11 is 3.38. The van der Waals surface area contributed by atoms with E-state index in [0.29, 0.717) is 11.7 Å². The second-order valence-corrected chi connectivity index (χ2v) is 5.80. The molecule has 104 valence electrons. The fourth-order valence-electron chi connectivity index (χ4n) is 2.20. The number of hydrogen-bond donors (Lipinski definition) is 2. The molecule has 5 nitrogen and oxygen atoms in total. The van der Waals surface area contributed by atoms with E-state index >= 15 is 0 Å². The minimum absolute atomic E-state index is 0.402. The van der Waals surface area contributed by atoms with Crippen LogP contribution in [0.2, 0.25) is 0 Å². The number of hydrogen-bond acceptors (Lipinski definition) is 3. The predicted octanol–water partition coefficient (Wildman–Crippen LogP) is 3.22. The first kappa shape index (κ1) is 13.2. The maximum atomic E-state index is 11.6. The van der Waals surface area contributed by atoms with Crippen molar-refractivity contribution in [1.82, 2.24) is 9.55 Å². The summed E-state index contributed by atoms with van der Waals surface area (Å²) in [5, 5.41) is 12.5. The first-order valence-electron chi connectivity index (χ1n) is 6.42. The zero-order valence-corrected chi connectivity index (χ0v) is 12.2. The number of nitrogens with zero attached hydrogens (tertiary/aromatic N) is 2. The number of imidazole rings is 1. The third-order valence-corrected chi connectivity index (χ3v) is 3.81. The number of carbonyl (C=O) groups is 1. The quantitative estimate of drug-likeness (QED) is 0.880. The Hall–Kier alpha value is -1.82. The minimum atomic E-state index is -0.910. The van der Waals surface area contributed by atoms with Crippen LogP contribution in [0.25, 0.3) is 0 Å². The average Bonchev–Trinajstić information content (AvgIpc) is 3.14. The van der Waals surface area contributed by atoms with Crippen LogP contribution >= 0.6 is 15.9 Å². The summed E-state index contributed by atoms with van der Waals surface area (Å²) in [6.07, 6.45) is 5.52. The SMILES string of the molecule is O=C(O)C(Nc1cccc(Br)c1)c1cncn1C1CC1. The Balaban J connectivity index is 1.89. The van der Waals surface area contributed by atoms with Crippen LogP contribution in [0.5, 0.6) is 0 Å². The molecule has 0 radical (unpaired) electrons. The van der Waals surface area contributed by atoms with Gasteiger partial charge in [-0.25, -0.2) is 9.78 Å². The van der Waals surface area contributed by atoms with E-state index in [0.717, 1.165) is 23.0 Å². The summed E-state index contributed by atoms with van der Waals surface area (Å²) in [6.45, 7) is 0. The lowest BCUT2D eigenvalue weighted by Gasteiger charge is -2.17. The molecule has 0 bridgehead atoms. The molecule has 0 saturated heterocycles. The van der Waals surface area contributed by atoms with Gasteiger partial charge >= 0.3 is 5.97 Å². The summed E-state index contributed by atoms with van der Waals surface area (Å²) in [7, 11) is 0. The van der Waals surface area contributed by atoms with Crippen LogP contribution in [-0.2, 0) is 4.79 Å². The van der Waals surface area contributed by atoms with Gasteiger partial charge in [-0.1, -0.05) is 22.0 Å². The van der Waals surface area contributed by atoms with Gasteiger partial charge in [0.15, 0.2) is 6.04 Å². The summed E-state index contributed by atoms with van der Waals surface area (Å²) in [6, 6.07) is 7.07. The lowest BCUT2D eigenvalue weighted by atomic mass is 10.2. The van der Waals surface area contributed by atoms with Gasteiger partial charge in [0.05, 0.1) is 18.2 Å². The molecule has 1 aliphatic rings. The second-order valence-electron chi connectivity index (χ2n) is 4.88. The molecular formula is C14H14BrN3O2. The number of benzene rings is 1. The Morgan fingerprint density at radius 3 is 2.95 bits per heavy atom. The molecule has 0 amide bonds. The number of anilines is 1. The van der Waals surface area contributed by atoms with Crippen molar-refractivity contribution >= 4 is 27.6 Å².